The lowest BCUT2D eigenvalue weighted by Gasteiger charge is -2.32. The van der Waals surface area contributed by atoms with Crippen molar-refractivity contribution in [1.29, 1.82) is 0 Å². The topological polar surface area (TPSA) is 75.1 Å². The fourth-order valence-electron chi connectivity index (χ4n) is 5.57. The molecule has 0 aliphatic carbocycles. The standard InChI is InChI=1S/C29H39N3O4S/c1-7-13-32-15-18(8-2)24-23(17-32)37-28-27(24)25(19-11-12-21(35-5)22(14-19)36-6)26(29(33)34)20(30-28)16-31(9-3)10-4/h11-12,14,18H,7-10,13,15-17H2,1-6H3,(H,33,34). The van der Waals surface area contributed by atoms with Crippen LogP contribution in [0.3, 0.4) is 0 Å². The maximum atomic E-state index is 13.0. The average molecular weight is 526 g/mol. The molecule has 0 spiro atoms. The largest absolute Gasteiger partial charge is 0.493 e. The summed E-state index contributed by atoms with van der Waals surface area (Å²) < 4.78 is 11.1. The van der Waals surface area contributed by atoms with E-state index in [4.69, 9.17) is 14.5 Å². The number of hydrogen-bond acceptors (Lipinski definition) is 7. The number of aromatic carboxylic acids is 1. The van der Waals surface area contributed by atoms with Gasteiger partial charge in [0.25, 0.3) is 0 Å². The monoisotopic (exact) mass is 525 g/mol. The Hall–Kier alpha value is -2.68. The Bertz CT molecular complexity index is 1270. The molecule has 0 amide bonds. The summed E-state index contributed by atoms with van der Waals surface area (Å²) in [4.78, 5) is 25.0. The number of thiophene rings is 1. The zero-order valence-electron chi connectivity index (χ0n) is 22.9. The molecule has 1 N–H and O–H groups in total. The van der Waals surface area contributed by atoms with E-state index in [0.29, 0.717) is 29.7 Å². The molecule has 0 radical (unpaired) electrons. The second-order valence-electron chi connectivity index (χ2n) is 9.60. The fraction of sp³-hybridized carbons (Fsp3) is 0.517. The summed E-state index contributed by atoms with van der Waals surface area (Å²) >= 11 is 1.73. The van der Waals surface area contributed by atoms with Crippen LogP contribution >= 0.6 is 11.3 Å². The van der Waals surface area contributed by atoms with Crippen LogP contribution < -0.4 is 9.47 Å². The molecule has 37 heavy (non-hydrogen) atoms. The first kappa shape index (κ1) is 27.4. The van der Waals surface area contributed by atoms with Gasteiger partial charge >= 0.3 is 5.97 Å². The molecule has 4 rings (SSSR count). The van der Waals surface area contributed by atoms with E-state index in [2.05, 4.69) is 37.5 Å². The van der Waals surface area contributed by atoms with Gasteiger partial charge in [-0.2, -0.15) is 0 Å². The van der Waals surface area contributed by atoms with Crippen LogP contribution in [0.25, 0.3) is 21.3 Å². The van der Waals surface area contributed by atoms with Crippen molar-refractivity contribution in [3.05, 3.63) is 39.9 Å². The Kier molecular flexibility index (Phi) is 8.72. The van der Waals surface area contributed by atoms with Crippen molar-refractivity contribution in [2.75, 3.05) is 40.4 Å². The summed E-state index contributed by atoms with van der Waals surface area (Å²) in [6, 6.07) is 5.70. The number of carboxylic acid groups (broad SMARTS) is 1. The van der Waals surface area contributed by atoms with E-state index < -0.39 is 5.97 Å². The lowest BCUT2D eigenvalue weighted by atomic mass is 9.85. The molecule has 1 atom stereocenters. The van der Waals surface area contributed by atoms with Crippen LogP contribution in [0.15, 0.2) is 18.2 Å². The lowest BCUT2D eigenvalue weighted by molar-refractivity contribution is 0.0695. The number of benzene rings is 1. The van der Waals surface area contributed by atoms with E-state index in [9.17, 15) is 9.90 Å². The van der Waals surface area contributed by atoms with E-state index in [-0.39, 0.29) is 5.56 Å². The first-order chi connectivity index (χ1) is 17.9. The normalized spacial score (nSPS) is 15.8. The molecule has 7 nitrogen and oxygen atoms in total. The van der Waals surface area contributed by atoms with Crippen molar-refractivity contribution in [2.45, 2.75) is 59.5 Å². The van der Waals surface area contributed by atoms with E-state index in [1.807, 2.05) is 18.2 Å². The van der Waals surface area contributed by atoms with Crippen molar-refractivity contribution in [1.82, 2.24) is 14.8 Å². The smallest absolute Gasteiger partial charge is 0.338 e. The summed E-state index contributed by atoms with van der Waals surface area (Å²) in [7, 11) is 3.21. The zero-order valence-corrected chi connectivity index (χ0v) is 23.7. The molecule has 1 aliphatic rings. The molecule has 0 fully saturated rings. The number of carbonyl (C=O) groups is 1. The molecule has 0 saturated carbocycles. The first-order valence-electron chi connectivity index (χ1n) is 13.3. The summed E-state index contributed by atoms with van der Waals surface area (Å²) in [5, 5.41) is 11.6. The third-order valence-corrected chi connectivity index (χ3v) is 8.55. The van der Waals surface area contributed by atoms with E-state index in [0.717, 1.165) is 66.9 Å². The van der Waals surface area contributed by atoms with Gasteiger partial charge in [-0.1, -0.05) is 33.8 Å². The van der Waals surface area contributed by atoms with Crippen molar-refractivity contribution in [2.24, 2.45) is 0 Å². The molecule has 0 saturated heterocycles. The number of aromatic nitrogens is 1. The van der Waals surface area contributed by atoms with Gasteiger partial charge < -0.3 is 14.6 Å². The highest BCUT2D eigenvalue weighted by molar-refractivity contribution is 7.19. The van der Waals surface area contributed by atoms with E-state index >= 15 is 0 Å². The Morgan fingerprint density at radius 3 is 2.49 bits per heavy atom. The summed E-state index contributed by atoms with van der Waals surface area (Å²) in [5.41, 5.74) is 3.75. The maximum absolute atomic E-state index is 13.0. The molecular formula is C29H39N3O4S. The number of ether oxygens (including phenoxy) is 2. The lowest BCUT2D eigenvalue weighted by Crippen LogP contribution is -2.33. The number of rotatable bonds is 11. The third kappa shape index (κ3) is 5.19. The summed E-state index contributed by atoms with van der Waals surface area (Å²) in [5.74, 6) is 0.584. The molecule has 3 heterocycles. The summed E-state index contributed by atoms with van der Waals surface area (Å²) in [6.07, 6.45) is 2.11. The van der Waals surface area contributed by atoms with Gasteiger partial charge in [0.15, 0.2) is 11.5 Å². The maximum Gasteiger partial charge on any atom is 0.338 e. The van der Waals surface area contributed by atoms with Gasteiger partial charge in [-0.3, -0.25) is 9.80 Å². The van der Waals surface area contributed by atoms with Crippen LogP contribution in [0.1, 0.15) is 72.9 Å². The molecule has 200 valence electrons. The molecule has 1 aromatic carbocycles. The van der Waals surface area contributed by atoms with Crippen molar-refractivity contribution < 1.29 is 19.4 Å². The van der Waals surface area contributed by atoms with Crippen molar-refractivity contribution in [3.8, 4) is 22.6 Å². The highest BCUT2D eigenvalue weighted by Gasteiger charge is 2.33. The molecule has 2 aromatic heterocycles. The molecule has 0 bridgehead atoms. The Labute approximate surface area is 224 Å². The van der Waals surface area contributed by atoms with Crippen LogP contribution in [0, 0.1) is 0 Å². The predicted molar refractivity (Wildman–Crippen MR) is 150 cm³/mol. The number of fused-ring (bicyclic) bond motifs is 3. The number of methoxy groups -OCH3 is 2. The number of pyridine rings is 1. The quantitative estimate of drug-likeness (QED) is 0.318. The minimum atomic E-state index is -0.947. The summed E-state index contributed by atoms with van der Waals surface area (Å²) in [6.45, 7) is 13.7. The predicted octanol–water partition coefficient (Wildman–Crippen LogP) is 6.24. The highest BCUT2D eigenvalue weighted by atomic mass is 32.1. The van der Waals surface area contributed by atoms with Crippen LogP contribution in [0.5, 0.6) is 11.5 Å². The molecule has 1 aliphatic heterocycles. The first-order valence-corrected chi connectivity index (χ1v) is 14.1. The molecule has 3 aromatic rings. The van der Waals surface area contributed by atoms with Gasteiger partial charge in [0.05, 0.1) is 25.5 Å². The molecule has 1 unspecified atom stereocenters. The van der Waals surface area contributed by atoms with Gasteiger partial charge in [0, 0.05) is 35.5 Å². The molecular weight excluding hydrogens is 486 g/mol. The fourth-order valence-corrected chi connectivity index (χ4v) is 6.90. The Morgan fingerprint density at radius 1 is 1.16 bits per heavy atom. The number of hydrogen-bond donors (Lipinski definition) is 1. The van der Waals surface area contributed by atoms with Crippen LogP contribution in [-0.4, -0.2) is 66.3 Å². The highest BCUT2D eigenvalue weighted by Crippen LogP contribution is 2.47. The van der Waals surface area contributed by atoms with Gasteiger partial charge in [-0.15, -0.1) is 11.3 Å². The minimum Gasteiger partial charge on any atom is -0.493 e. The van der Waals surface area contributed by atoms with Crippen LogP contribution in [-0.2, 0) is 13.1 Å². The second-order valence-corrected chi connectivity index (χ2v) is 10.7. The van der Waals surface area contributed by atoms with Crippen LogP contribution in [0.4, 0.5) is 0 Å². The zero-order chi connectivity index (χ0) is 26.7. The van der Waals surface area contributed by atoms with Crippen molar-refractivity contribution >= 4 is 27.5 Å². The van der Waals surface area contributed by atoms with Gasteiger partial charge in [-0.25, -0.2) is 9.78 Å². The van der Waals surface area contributed by atoms with Gasteiger partial charge in [0.1, 0.15) is 4.83 Å². The number of carboxylic acids is 1. The van der Waals surface area contributed by atoms with E-state index in [1.165, 1.54) is 10.4 Å². The number of nitrogens with zero attached hydrogens (tertiary/aromatic N) is 3. The van der Waals surface area contributed by atoms with Crippen molar-refractivity contribution in [3.63, 3.8) is 0 Å². The Balaban J connectivity index is 2.08. The third-order valence-electron chi connectivity index (χ3n) is 7.47. The molecule has 8 heteroatoms. The van der Waals surface area contributed by atoms with Gasteiger partial charge in [-0.05, 0) is 61.7 Å². The average Bonchev–Trinajstić information content (AvgIpc) is 3.27. The van der Waals surface area contributed by atoms with E-state index in [1.54, 1.807) is 25.6 Å². The SMILES string of the molecule is CCCN1Cc2sc3nc(CN(CC)CC)c(C(=O)O)c(-c4ccc(OC)c(OC)c4)c3c2C(CC)C1. The second kappa shape index (κ2) is 11.8. The minimum absolute atomic E-state index is 0.290. The van der Waals surface area contributed by atoms with Gasteiger partial charge in [0.2, 0.25) is 0 Å². The van der Waals surface area contributed by atoms with Crippen LogP contribution in [0.2, 0.25) is 0 Å². The Morgan fingerprint density at radius 2 is 1.89 bits per heavy atom.